The predicted octanol–water partition coefficient (Wildman–Crippen LogP) is 3.38. The summed E-state index contributed by atoms with van der Waals surface area (Å²) in [6.45, 7) is 2.19. The van der Waals surface area contributed by atoms with Crippen LogP contribution < -0.4 is 15.0 Å². The molecule has 1 N–H and O–H groups in total. The number of rotatable bonds is 5. The third-order valence-electron chi connectivity index (χ3n) is 3.89. The smallest absolute Gasteiger partial charge is 0.268 e. The van der Waals surface area contributed by atoms with E-state index in [4.69, 9.17) is 4.74 Å². The lowest BCUT2D eigenvalue weighted by molar-refractivity contribution is -0.126. The Bertz CT molecular complexity index is 779. The quantitative estimate of drug-likeness (QED) is 0.830. The molecule has 1 aliphatic heterocycles. The van der Waals surface area contributed by atoms with Crippen LogP contribution in [0.25, 0.3) is 0 Å². The second-order valence-corrected chi connectivity index (χ2v) is 6.55. The topological polar surface area (TPSA) is 71.5 Å². The number of hydrogen-bond donors (Lipinski definition) is 1. The first-order valence-corrected chi connectivity index (χ1v) is 8.86. The lowest BCUT2D eigenvalue weighted by atomic mass is 10.1. The van der Waals surface area contributed by atoms with E-state index in [2.05, 4.69) is 26.2 Å². The number of pyridine rings is 1. The molecule has 2 heterocycles. The minimum atomic E-state index is -0.508. The van der Waals surface area contributed by atoms with Gasteiger partial charge in [0, 0.05) is 23.6 Å². The number of nitrogens with zero attached hydrogens (tertiary/aromatic N) is 2. The van der Waals surface area contributed by atoms with Crippen molar-refractivity contribution in [3.05, 3.63) is 47.1 Å². The van der Waals surface area contributed by atoms with Gasteiger partial charge < -0.3 is 15.0 Å². The van der Waals surface area contributed by atoms with Crippen molar-refractivity contribution in [3.8, 4) is 5.75 Å². The highest BCUT2D eigenvalue weighted by molar-refractivity contribution is 9.10. The predicted molar refractivity (Wildman–Crippen MR) is 98.7 cm³/mol. The number of fused-ring (bicyclic) bond motifs is 1. The zero-order chi connectivity index (χ0) is 17.8. The van der Waals surface area contributed by atoms with Crippen LogP contribution in [-0.4, -0.2) is 29.4 Å². The number of anilines is 2. The molecule has 0 radical (unpaired) electrons. The number of ether oxygens (including phenoxy) is 1. The van der Waals surface area contributed by atoms with Gasteiger partial charge >= 0.3 is 0 Å². The normalized spacial score (nSPS) is 16.2. The Morgan fingerprint density at radius 2 is 2.12 bits per heavy atom. The van der Waals surface area contributed by atoms with Crippen LogP contribution in [0.15, 0.2) is 47.1 Å². The largest absolute Gasteiger partial charge is 0.478 e. The first-order valence-electron chi connectivity index (χ1n) is 8.07. The lowest BCUT2D eigenvalue weighted by Crippen LogP contribution is -2.46. The molecule has 0 saturated heterocycles. The van der Waals surface area contributed by atoms with E-state index in [-0.39, 0.29) is 24.8 Å². The molecule has 1 aromatic heterocycles. The second kappa shape index (κ2) is 7.65. The van der Waals surface area contributed by atoms with Crippen LogP contribution in [0.3, 0.4) is 0 Å². The fourth-order valence-corrected chi connectivity index (χ4v) is 2.87. The van der Waals surface area contributed by atoms with E-state index in [0.717, 1.165) is 4.47 Å². The number of hydrogen-bond acceptors (Lipinski definition) is 4. The van der Waals surface area contributed by atoms with Crippen LogP contribution in [0, 0.1) is 0 Å². The number of aromatic nitrogens is 1. The van der Waals surface area contributed by atoms with Gasteiger partial charge in [-0.2, -0.15) is 0 Å². The van der Waals surface area contributed by atoms with Gasteiger partial charge in [-0.25, -0.2) is 4.98 Å². The van der Waals surface area contributed by atoms with Gasteiger partial charge in [0.15, 0.2) is 6.10 Å². The molecule has 0 fully saturated rings. The molecular formula is C18H18BrN3O3. The van der Waals surface area contributed by atoms with E-state index in [1.54, 1.807) is 23.2 Å². The molecular weight excluding hydrogens is 386 g/mol. The van der Waals surface area contributed by atoms with E-state index >= 15 is 0 Å². The summed E-state index contributed by atoms with van der Waals surface area (Å²) in [5.74, 6) is 0.840. The number of carbonyl (C=O) groups excluding carboxylic acids is 2. The van der Waals surface area contributed by atoms with Gasteiger partial charge in [0.25, 0.3) is 5.91 Å². The Balaban J connectivity index is 1.67. The fourth-order valence-electron chi connectivity index (χ4n) is 2.63. The Labute approximate surface area is 154 Å². The Hall–Kier alpha value is -2.41. The van der Waals surface area contributed by atoms with Crippen molar-refractivity contribution in [2.75, 3.05) is 16.8 Å². The molecule has 2 aromatic rings. The van der Waals surface area contributed by atoms with Crippen LogP contribution in [0.2, 0.25) is 0 Å². The maximum atomic E-state index is 12.6. The summed E-state index contributed by atoms with van der Waals surface area (Å²) < 4.78 is 6.57. The molecule has 2 amide bonds. The van der Waals surface area contributed by atoms with Gasteiger partial charge in [-0.05, 0) is 46.6 Å². The summed E-state index contributed by atoms with van der Waals surface area (Å²) in [4.78, 5) is 30.5. The molecule has 1 unspecified atom stereocenters. The van der Waals surface area contributed by atoms with Crippen molar-refractivity contribution in [1.82, 2.24) is 4.98 Å². The van der Waals surface area contributed by atoms with E-state index in [1.807, 2.05) is 31.2 Å². The molecule has 0 saturated carbocycles. The highest BCUT2D eigenvalue weighted by Crippen LogP contribution is 2.34. The van der Waals surface area contributed by atoms with Gasteiger partial charge in [0.2, 0.25) is 5.91 Å². The lowest BCUT2D eigenvalue weighted by Gasteiger charge is -2.33. The Morgan fingerprint density at radius 3 is 2.84 bits per heavy atom. The maximum Gasteiger partial charge on any atom is 0.268 e. The van der Waals surface area contributed by atoms with Crippen LogP contribution in [0.4, 0.5) is 11.5 Å². The van der Waals surface area contributed by atoms with Crippen LogP contribution in [-0.2, 0) is 9.59 Å². The number of nitrogens with one attached hydrogen (secondary N) is 1. The van der Waals surface area contributed by atoms with Gasteiger partial charge in [-0.15, -0.1) is 0 Å². The average molecular weight is 404 g/mol. The molecule has 130 valence electrons. The molecule has 0 aliphatic carbocycles. The van der Waals surface area contributed by atoms with E-state index in [9.17, 15) is 9.59 Å². The molecule has 6 nitrogen and oxygen atoms in total. The highest BCUT2D eigenvalue weighted by atomic mass is 79.9. The summed E-state index contributed by atoms with van der Waals surface area (Å²) in [5, 5.41) is 2.73. The zero-order valence-corrected chi connectivity index (χ0v) is 15.3. The number of halogens is 1. The first-order chi connectivity index (χ1) is 12.1. The van der Waals surface area contributed by atoms with Gasteiger partial charge in [0.05, 0.1) is 5.69 Å². The van der Waals surface area contributed by atoms with Crippen molar-refractivity contribution in [1.29, 1.82) is 0 Å². The SMILES string of the molecule is CCC1Oc2ccccc2N(CCC(=O)Nc2ccc(Br)cn2)C1=O. The second-order valence-electron chi connectivity index (χ2n) is 5.63. The van der Waals surface area contributed by atoms with Crippen LogP contribution in [0.5, 0.6) is 5.75 Å². The van der Waals surface area contributed by atoms with Crippen LogP contribution >= 0.6 is 15.9 Å². The molecule has 0 spiro atoms. The highest BCUT2D eigenvalue weighted by Gasteiger charge is 2.33. The third kappa shape index (κ3) is 3.99. The maximum absolute atomic E-state index is 12.6. The third-order valence-corrected chi connectivity index (χ3v) is 4.36. The minimum absolute atomic E-state index is 0.115. The van der Waals surface area contributed by atoms with Crippen molar-refractivity contribution in [2.45, 2.75) is 25.9 Å². The van der Waals surface area contributed by atoms with Crippen molar-refractivity contribution >= 4 is 39.2 Å². The van der Waals surface area contributed by atoms with Crippen LogP contribution in [0.1, 0.15) is 19.8 Å². The minimum Gasteiger partial charge on any atom is -0.478 e. The van der Waals surface area contributed by atoms with E-state index < -0.39 is 6.10 Å². The van der Waals surface area contributed by atoms with Gasteiger partial charge in [-0.1, -0.05) is 19.1 Å². The van der Waals surface area contributed by atoms with Crippen molar-refractivity contribution < 1.29 is 14.3 Å². The molecule has 1 atom stereocenters. The molecule has 7 heteroatoms. The van der Waals surface area contributed by atoms with Crippen molar-refractivity contribution in [3.63, 3.8) is 0 Å². The summed E-state index contributed by atoms with van der Waals surface area (Å²) in [6.07, 6.45) is 1.86. The number of carbonyl (C=O) groups is 2. The fraction of sp³-hybridized carbons (Fsp3) is 0.278. The first kappa shape index (κ1) is 17.4. The Kier molecular flexibility index (Phi) is 5.33. The summed E-state index contributed by atoms with van der Waals surface area (Å²) >= 11 is 3.30. The molecule has 25 heavy (non-hydrogen) atoms. The molecule has 1 aliphatic rings. The van der Waals surface area contributed by atoms with Gasteiger partial charge in [-0.3, -0.25) is 9.59 Å². The number of benzene rings is 1. The summed E-state index contributed by atoms with van der Waals surface area (Å²) in [5.41, 5.74) is 0.701. The molecule has 3 rings (SSSR count). The average Bonchev–Trinajstić information content (AvgIpc) is 2.62. The van der Waals surface area contributed by atoms with Crippen molar-refractivity contribution in [2.24, 2.45) is 0 Å². The number of amides is 2. The number of para-hydroxylation sites is 2. The molecule has 1 aromatic carbocycles. The Morgan fingerprint density at radius 1 is 1.32 bits per heavy atom. The van der Waals surface area contributed by atoms with Gasteiger partial charge in [0.1, 0.15) is 11.6 Å². The monoisotopic (exact) mass is 403 g/mol. The standard InChI is InChI=1S/C18H18BrN3O3/c1-2-14-18(24)22(13-5-3-4-6-15(13)25-14)10-9-17(23)21-16-8-7-12(19)11-20-16/h3-8,11,14H,2,9-10H2,1H3,(H,20,21,23). The van der Waals surface area contributed by atoms with E-state index in [0.29, 0.717) is 23.7 Å². The molecule has 0 bridgehead atoms. The zero-order valence-electron chi connectivity index (χ0n) is 13.7. The summed E-state index contributed by atoms with van der Waals surface area (Å²) in [7, 11) is 0. The van der Waals surface area contributed by atoms with E-state index in [1.165, 1.54) is 0 Å². The summed E-state index contributed by atoms with van der Waals surface area (Å²) in [6, 6.07) is 10.9.